The average Bonchev–Trinajstić information content (AvgIpc) is 2.95. The fraction of sp³-hybridized carbons (Fsp3) is 0.389. The van der Waals surface area contributed by atoms with E-state index >= 15 is 0 Å². The maximum atomic E-state index is 12.2. The molecule has 0 unspecified atom stereocenters. The minimum Gasteiger partial charge on any atom is -0.477 e. The molecule has 8 heteroatoms. The first-order valence-electron chi connectivity index (χ1n) is 8.26. The first-order chi connectivity index (χ1) is 12.3. The second kappa shape index (κ2) is 6.80. The van der Waals surface area contributed by atoms with Gasteiger partial charge in [-0.3, -0.25) is 4.79 Å². The Balaban J connectivity index is 1.83. The number of benzene rings is 1. The summed E-state index contributed by atoms with van der Waals surface area (Å²) >= 11 is 0. The van der Waals surface area contributed by atoms with Crippen molar-refractivity contribution in [3.8, 4) is 0 Å². The molecule has 1 fully saturated rings. The van der Waals surface area contributed by atoms with Crippen molar-refractivity contribution in [2.45, 2.75) is 32.1 Å². The van der Waals surface area contributed by atoms with E-state index in [0.717, 1.165) is 5.56 Å². The number of aliphatic hydroxyl groups excluding tert-OH is 1. The minimum atomic E-state index is -1.16. The third kappa shape index (κ3) is 2.92. The molecule has 0 aliphatic carbocycles. The number of hydrogen-bond acceptors (Lipinski definition) is 5. The van der Waals surface area contributed by atoms with Crippen molar-refractivity contribution < 1.29 is 29.3 Å². The molecule has 1 saturated heterocycles. The van der Waals surface area contributed by atoms with Gasteiger partial charge in [-0.25, -0.2) is 9.59 Å². The topological polar surface area (TPSA) is 116 Å². The van der Waals surface area contributed by atoms with Gasteiger partial charge >= 0.3 is 12.1 Å². The van der Waals surface area contributed by atoms with Crippen LogP contribution in [0.2, 0.25) is 0 Å². The Bertz CT molecular complexity index is 783. The average molecular weight is 360 g/mol. The molecule has 0 radical (unpaired) electrons. The van der Waals surface area contributed by atoms with Crippen molar-refractivity contribution in [3.63, 3.8) is 0 Å². The fourth-order valence-electron chi connectivity index (χ4n) is 3.55. The van der Waals surface area contributed by atoms with E-state index in [9.17, 15) is 24.6 Å². The van der Waals surface area contributed by atoms with Gasteiger partial charge in [0, 0.05) is 7.05 Å². The van der Waals surface area contributed by atoms with Gasteiger partial charge in [-0.05, 0) is 30.0 Å². The van der Waals surface area contributed by atoms with E-state index in [1.54, 1.807) is 31.2 Å². The third-order valence-electron chi connectivity index (χ3n) is 4.81. The van der Waals surface area contributed by atoms with Crippen molar-refractivity contribution in [1.82, 2.24) is 10.2 Å². The molecule has 1 aromatic carbocycles. The summed E-state index contributed by atoms with van der Waals surface area (Å²) in [6, 6.07) is 6.66. The molecule has 0 saturated carbocycles. The standard InChI is InChI=1S/C18H20N2O6/c1-9(21)14-13-7-12(15(17(23)24)20(13)16(14)22)11-5-3-10(4-6-11)8-26-18(25)19-2/h3-6,9,13-14,21H,7-8H2,1-2H3,(H,19,25)(H,23,24)/t9-,13-,14-/m1/s1. The van der Waals surface area contributed by atoms with E-state index in [1.807, 2.05) is 0 Å². The molecular weight excluding hydrogens is 340 g/mol. The zero-order valence-electron chi connectivity index (χ0n) is 14.4. The van der Waals surface area contributed by atoms with Crippen molar-refractivity contribution in [2.75, 3.05) is 7.05 Å². The zero-order valence-corrected chi connectivity index (χ0v) is 14.4. The van der Waals surface area contributed by atoms with Gasteiger partial charge in [0.2, 0.25) is 5.91 Å². The molecular formula is C18H20N2O6. The smallest absolute Gasteiger partial charge is 0.407 e. The maximum absolute atomic E-state index is 12.2. The zero-order chi connectivity index (χ0) is 19.0. The highest BCUT2D eigenvalue weighted by atomic mass is 16.5. The molecule has 3 N–H and O–H groups in total. The summed E-state index contributed by atoms with van der Waals surface area (Å²) in [6.45, 7) is 1.64. The molecule has 3 atom stereocenters. The van der Waals surface area contributed by atoms with Crippen molar-refractivity contribution >= 4 is 23.5 Å². The number of carboxylic acid groups (broad SMARTS) is 1. The summed E-state index contributed by atoms with van der Waals surface area (Å²) in [5.41, 5.74) is 2.00. The van der Waals surface area contributed by atoms with Gasteiger partial charge in [0.05, 0.1) is 18.1 Å². The fourth-order valence-corrected chi connectivity index (χ4v) is 3.55. The number of β-lactam (4-membered cyclic amide) rings is 1. The molecule has 1 aromatic rings. The van der Waals surface area contributed by atoms with Gasteiger partial charge in [-0.15, -0.1) is 0 Å². The number of carbonyl (C=O) groups is 3. The van der Waals surface area contributed by atoms with Crippen LogP contribution >= 0.6 is 0 Å². The van der Waals surface area contributed by atoms with Crippen LogP contribution in [-0.4, -0.2) is 52.3 Å². The van der Waals surface area contributed by atoms with Crippen LogP contribution in [0, 0.1) is 5.92 Å². The van der Waals surface area contributed by atoms with Crippen LogP contribution < -0.4 is 5.32 Å². The summed E-state index contributed by atoms with van der Waals surface area (Å²) in [7, 11) is 1.47. The molecule has 0 spiro atoms. The second-order valence-electron chi connectivity index (χ2n) is 6.40. The number of nitrogens with one attached hydrogen (secondary N) is 1. The van der Waals surface area contributed by atoms with Gasteiger partial charge in [-0.2, -0.15) is 0 Å². The highest BCUT2D eigenvalue weighted by molar-refractivity contribution is 6.06. The molecule has 8 nitrogen and oxygen atoms in total. The number of nitrogens with zero attached hydrogens (tertiary/aromatic N) is 1. The van der Waals surface area contributed by atoms with Crippen molar-refractivity contribution in [2.24, 2.45) is 5.92 Å². The summed E-state index contributed by atoms with van der Waals surface area (Å²) < 4.78 is 4.96. The van der Waals surface area contributed by atoms with E-state index in [4.69, 9.17) is 4.74 Å². The van der Waals surface area contributed by atoms with Crippen LogP contribution in [0.1, 0.15) is 24.5 Å². The maximum Gasteiger partial charge on any atom is 0.407 e. The number of alkyl carbamates (subject to hydrolysis) is 1. The number of aliphatic hydroxyl groups is 1. The summed E-state index contributed by atoms with van der Waals surface area (Å²) in [6.07, 6.45) is -0.966. The van der Waals surface area contributed by atoms with Crippen LogP contribution in [0.15, 0.2) is 30.0 Å². The van der Waals surface area contributed by atoms with E-state index in [-0.39, 0.29) is 24.3 Å². The predicted molar refractivity (Wildman–Crippen MR) is 90.7 cm³/mol. The SMILES string of the molecule is CNC(=O)OCc1ccc(C2=C(C(=O)O)N3C(=O)[C@H]([C@@H](C)O)[C@H]3C2)cc1. The lowest BCUT2D eigenvalue weighted by Gasteiger charge is -2.44. The lowest BCUT2D eigenvalue weighted by Crippen LogP contribution is -2.61. The third-order valence-corrected chi connectivity index (χ3v) is 4.81. The Morgan fingerprint density at radius 1 is 1.35 bits per heavy atom. The van der Waals surface area contributed by atoms with Gasteiger partial charge in [0.1, 0.15) is 12.3 Å². The molecule has 2 amide bonds. The summed E-state index contributed by atoms with van der Waals surface area (Å²) in [5, 5.41) is 21.7. The molecule has 3 rings (SSSR count). The number of aliphatic carboxylic acids is 1. The predicted octanol–water partition coefficient (Wildman–Crippen LogP) is 0.950. The quantitative estimate of drug-likeness (QED) is 0.673. The number of hydrogen-bond donors (Lipinski definition) is 3. The molecule has 0 bridgehead atoms. The Hall–Kier alpha value is -2.87. The van der Waals surface area contributed by atoms with Crippen LogP contribution in [-0.2, 0) is 20.9 Å². The molecule has 2 heterocycles. The van der Waals surface area contributed by atoms with Crippen LogP contribution in [0.4, 0.5) is 4.79 Å². The van der Waals surface area contributed by atoms with E-state index in [0.29, 0.717) is 17.6 Å². The van der Waals surface area contributed by atoms with Gasteiger partial charge in [0.15, 0.2) is 0 Å². The number of carboxylic acids is 1. The van der Waals surface area contributed by atoms with Gasteiger partial charge < -0.3 is 25.2 Å². The Labute approximate surface area is 150 Å². The Morgan fingerprint density at radius 2 is 2.00 bits per heavy atom. The van der Waals surface area contributed by atoms with Gasteiger partial charge in [-0.1, -0.05) is 24.3 Å². The largest absolute Gasteiger partial charge is 0.477 e. The molecule has 2 aliphatic heterocycles. The number of fused-ring (bicyclic) bond motifs is 1. The lowest BCUT2D eigenvalue weighted by molar-refractivity contribution is -0.161. The first-order valence-corrected chi connectivity index (χ1v) is 8.26. The van der Waals surface area contributed by atoms with Gasteiger partial charge in [0.25, 0.3) is 0 Å². The summed E-state index contributed by atoms with van der Waals surface area (Å²) in [4.78, 5) is 36.3. The molecule has 2 aliphatic rings. The molecule has 0 aromatic heterocycles. The highest BCUT2D eigenvalue weighted by Crippen LogP contribution is 2.46. The molecule has 138 valence electrons. The lowest BCUT2D eigenvalue weighted by atomic mass is 9.82. The number of rotatable bonds is 5. The second-order valence-corrected chi connectivity index (χ2v) is 6.40. The van der Waals surface area contributed by atoms with E-state index < -0.39 is 24.1 Å². The highest BCUT2D eigenvalue weighted by Gasteiger charge is 2.56. The normalized spacial score (nSPS) is 22.6. The van der Waals surface area contributed by atoms with Crippen molar-refractivity contribution in [1.29, 1.82) is 0 Å². The number of amides is 2. The Morgan fingerprint density at radius 3 is 2.54 bits per heavy atom. The summed E-state index contributed by atoms with van der Waals surface area (Å²) in [5.74, 6) is -2.08. The van der Waals surface area contributed by atoms with Crippen LogP contribution in [0.25, 0.3) is 5.57 Å². The minimum absolute atomic E-state index is 0.0220. The van der Waals surface area contributed by atoms with Crippen LogP contribution in [0.3, 0.4) is 0 Å². The van der Waals surface area contributed by atoms with E-state index in [2.05, 4.69) is 5.32 Å². The number of ether oxygens (including phenoxy) is 1. The monoisotopic (exact) mass is 360 g/mol. The Kier molecular flexibility index (Phi) is 4.69. The van der Waals surface area contributed by atoms with E-state index in [1.165, 1.54) is 11.9 Å². The molecule has 26 heavy (non-hydrogen) atoms. The van der Waals surface area contributed by atoms with Crippen LogP contribution in [0.5, 0.6) is 0 Å². The first kappa shape index (κ1) is 17.9. The van der Waals surface area contributed by atoms with Crippen molar-refractivity contribution in [3.05, 3.63) is 41.1 Å². The number of carbonyl (C=O) groups excluding carboxylic acids is 2.